The fourth-order valence-electron chi connectivity index (χ4n) is 2.63. The number of hydrogen-bond acceptors (Lipinski definition) is 3. The van der Waals surface area contributed by atoms with Crippen LogP contribution in [-0.2, 0) is 16.1 Å². The van der Waals surface area contributed by atoms with E-state index >= 15 is 0 Å². The maximum atomic E-state index is 12.0. The van der Waals surface area contributed by atoms with Gasteiger partial charge in [0.2, 0.25) is 5.91 Å². The average molecular weight is 276 g/mol. The van der Waals surface area contributed by atoms with Crippen molar-refractivity contribution in [2.45, 2.75) is 32.3 Å². The third kappa shape index (κ3) is 4.94. The van der Waals surface area contributed by atoms with Gasteiger partial charge in [-0.25, -0.2) is 0 Å². The molecule has 1 aliphatic rings. The minimum atomic E-state index is 0.109. The van der Waals surface area contributed by atoms with E-state index in [1.54, 1.807) is 7.11 Å². The largest absolute Gasteiger partial charge is 0.380 e. The number of carbonyl (C=O) groups is 1. The Kier molecular flexibility index (Phi) is 6.02. The molecule has 1 amide bonds. The van der Waals surface area contributed by atoms with Crippen LogP contribution >= 0.6 is 0 Å². The smallest absolute Gasteiger partial charge is 0.224 e. The molecule has 0 atom stereocenters. The van der Waals surface area contributed by atoms with Crippen molar-refractivity contribution in [3.63, 3.8) is 0 Å². The first kappa shape index (κ1) is 15.0. The fraction of sp³-hybridized carbons (Fsp3) is 0.562. The average Bonchev–Trinajstić information content (AvgIpc) is 2.47. The molecule has 1 saturated heterocycles. The normalized spacial score (nSPS) is 16.1. The fourth-order valence-corrected chi connectivity index (χ4v) is 2.63. The number of ether oxygens (including phenoxy) is 1. The lowest BCUT2D eigenvalue weighted by atomic mass is 9.93. The van der Waals surface area contributed by atoms with E-state index in [2.05, 4.69) is 10.6 Å². The molecule has 1 aromatic carbocycles. The van der Waals surface area contributed by atoms with Gasteiger partial charge in [-0.15, -0.1) is 0 Å². The second-order valence-electron chi connectivity index (χ2n) is 5.41. The summed E-state index contributed by atoms with van der Waals surface area (Å²) in [6.07, 6.45) is 3.98. The highest BCUT2D eigenvalue weighted by molar-refractivity contribution is 5.90. The highest BCUT2D eigenvalue weighted by Crippen LogP contribution is 2.18. The lowest BCUT2D eigenvalue weighted by Gasteiger charge is -2.22. The van der Waals surface area contributed by atoms with Crippen LogP contribution in [-0.4, -0.2) is 26.1 Å². The standard InChI is InChI=1S/C16H24N2O2/c1-20-12-14-3-2-4-15(11-14)18-16(19)6-5-13-7-9-17-10-8-13/h2-4,11,13,17H,5-10,12H2,1H3,(H,18,19). The van der Waals surface area contributed by atoms with Crippen LogP contribution in [0.4, 0.5) is 5.69 Å². The Hall–Kier alpha value is -1.39. The minimum Gasteiger partial charge on any atom is -0.380 e. The number of amides is 1. The summed E-state index contributed by atoms with van der Waals surface area (Å²) < 4.78 is 5.10. The Bertz CT molecular complexity index is 428. The van der Waals surface area contributed by atoms with E-state index in [0.29, 0.717) is 18.9 Å². The van der Waals surface area contributed by atoms with E-state index < -0.39 is 0 Å². The van der Waals surface area contributed by atoms with Gasteiger partial charge in [0.15, 0.2) is 0 Å². The summed E-state index contributed by atoms with van der Waals surface area (Å²) in [6, 6.07) is 7.82. The zero-order valence-corrected chi connectivity index (χ0v) is 12.2. The minimum absolute atomic E-state index is 0.109. The summed E-state index contributed by atoms with van der Waals surface area (Å²) in [5.41, 5.74) is 1.93. The van der Waals surface area contributed by atoms with Gasteiger partial charge in [0, 0.05) is 19.2 Å². The second kappa shape index (κ2) is 8.02. The van der Waals surface area contributed by atoms with Crippen molar-refractivity contribution >= 4 is 11.6 Å². The van der Waals surface area contributed by atoms with E-state index in [4.69, 9.17) is 4.74 Å². The van der Waals surface area contributed by atoms with E-state index in [1.807, 2.05) is 24.3 Å². The quantitative estimate of drug-likeness (QED) is 0.839. The molecule has 20 heavy (non-hydrogen) atoms. The molecule has 0 saturated carbocycles. The Morgan fingerprint density at radius 3 is 2.95 bits per heavy atom. The monoisotopic (exact) mass is 276 g/mol. The zero-order valence-electron chi connectivity index (χ0n) is 12.2. The van der Waals surface area contributed by atoms with Crippen molar-refractivity contribution in [3.05, 3.63) is 29.8 Å². The molecular weight excluding hydrogens is 252 g/mol. The van der Waals surface area contributed by atoms with E-state index in [-0.39, 0.29) is 5.91 Å². The molecule has 0 aromatic heterocycles. The van der Waals surface area contributed by atoms with Gasteiger partial charge < -0.3 is 15.4 Å². The van der Waals surface area contributed by atoms with Crippen LogP contribution in [0.15, 0.2) is 24.3 Å². The van der Waals surface area contributed by atoms with E-state index in [1.165, 1.54) is 12.8 Å². The topological polar surface area (TPSA) is 50.4 Å². The number of carbonyl (C=O) groups excluding carboxylic acids is 1. The van der Waals surface area contributed by atoms with E-state index in [0.717, 1.165) is 30.8 Å². The number of hydrogen-bond donors (Lipinski definition) is 2. The first-order valence-electron chi connectivity index (χ1n) is 7.36. The first-order chi connectivity index (χ1) is 9.78. The summed E-state index contributed by atoms with van der Waals surface area (Å²) in [7, 11) is 1.67. The van der Waals surface area contributed by atoms with Gasteiger partial charge in [-0.2, -0.15) is 0 Å². The van der Waals surface area contributed by atoms with Crippen molar-refractivity contribution < 1.29 is 9.53 Å². The predicted molar refractivity (Wildman–Crippen MR) is 80.6 cm³/mol. The van der Waals surface area contributed by atoms with Gasteiger partial charge in [-0.1, -0.05) is 12.1 Å². The number of benzene rings is 1. The lowest BCUT2D eigenvalue weighted by molar-refractivity contribution is -0.116. The van der Waals surface area contributed by atoms with Crippen LogP contribution in [0.25, 0.3) is 0 Å². The molecule has 0 aliphatic carbocycles. The van der Waals surface area contributed by atoms with Crippen molar-refractivity contribution in [1.29, 1.82) is 0 Å². The van der Waals surface area contributed by atoms with Crippen molar-refractivity contribution in [1.82, 2.24) is 5.32 Å². The summed E-state index contributed by atoms with van der Waals surface area (Å²) in [6.45, 7) is 2.75. The molecule has 110 valence electrons. The van der Waals surface area contributed by atoms with Crippen molar-refractivity contribution in [2.24, 2.45) is 5.92 Å². The zero-order chi connectivity index (χ0) is 14.2. The lowest BCUT2D eigenvalue weighted by Crippen LogP contribution is -2.28. The summed E-state index contributed by atoms with van der Waals surface area (Å²) in [5.74, 6) is 0.805. The molecule has 2 N–H and O–H groups in total. The molecule has 0 bridgehead atoms. The van der Waals surface area contributed by atoms with Gasteiger partial charge in [-0.3, -0.25) is 4.79 Å². The van der Waals surface area contributed by atoms with Gasteiger partial charge in [0.1, 0.15) is 0 Å². The SMILES string of the molecule is COCc1cccc(NC(=O)CCC2CCNCC2)c1. The van der Waals surface area contributed by atoms with Gasteiger partial charge in [-0.05, 0) is 56.0 Å². The maximum Gasteiger partial charge on any atom is 0.224 e. The molecule has 1 heterocycles. The number of rotatable bonds is 6. The molecule has 4 heteroatoms. The van der Waals surface area contributed by atoms with Gasteiger partial charge in [0.25, 0.3) is 0 Å². The summed E-state index contributed by atoms with van der Waals surface area (Å²) in [4.78, 5) is 12.0. The van der Waals surface area contributed by atoms with Crippen LogP contribution in [0.2, 0.25) is 0 Å². The second-order valence-corrected chi connectivity index (χ2v) is 5.41. The Labute approximate surface area is 120 Å². The maximum absolute atomic E-state index is 12.0. The molecule has 0 unspecified atom stereocenters. The van der Waals surface area contributed by atoms with Crippen LogP contribution in [0, 0.1) is 5.92 Å². The number of nitrogens with one attached hydrogen (secondary N) is 2. The molecule has 2 rings (SSSR count). The van der Waals surface area contributed by atoms with Crippen LogP contribution < -0.4 is 10.6 Å². The molecule has 4 nitrogen and oxygen atoms in total. The third-order valence-electron chi connectivity index (χ3n) is 3.76. The summed E-state index contributed by atoms with van der Waals surface area (Å²) in [5, 5.41) is 6.32. The number of methoxy groups -OCH3 is 1. The molecule has 1 aromatic rings. The highest BCUT2D eigenvalue weighted by Gasteiger charge is 2.14. The molecule has 1 fully saturated rings. The number of piperidine rings is 1. The van der Waals surface area contributed by atoms with Gasteiger partial charge >= 0.3 is 0 Å². The van der Waals surface area contributed by atoms with Crippen LogP contribution in [0.5, 0.6) is 0 Å². The predicted octanol–water partition coefficient (Wildman–Crippen LogP) is 2.55. The highest BCUT2D eigenvalue weighted by atomic mass is 16.5. The van der Waals surface area contributed by atoms with Crippen LogP contribution in [0.1, 0.15) is 31.2 Å². The Morgan fingerprint density at radius 1 is 1.40 bits per heavy atom. The third-order valence-corrected chi connectivity index (χ3v) is 3.76. The first-order valence-corrected chi connectivity index (χ1v) is 7.36. The Morgan fingerprint density at radius 2 is 2.20 bits per heavy atom. The van der Waals surface area contributed by atoms with Crippen molar-refractivity contribution in [2.75, 3.05) is 25.5 Å². The molecule has 0 spiro atoms. The molecular formula is C16H24N2O2. The molecule has 1 aliphatic heterocycles. The summed E-state index contributed by atoms with van der Waals surface area (Å²) >= 11 is 0. The Balaban J connectivity index is 1.77. The van der Waals surface area contributed by atoms with Crippen molar-refractivity contribution in [3.8, 4) is 0 Å². The number of anilines is 1. The van der Waals surface area contributed by atoms with E-state index in [9.17, 15) is 4.79 Å². The van der Waals surface area contributed by atoms with Crippen LogP contribution in [0.3, 0.4) is 0 Å². The molecule has 0 radical (unpaired) electrons. The van der Waals surface area contributed by atoms with Gasteiger partial charge in [0.05, 0.1) is 6.61 Å².